The fourth-order valence-electron chi connectivity index (χ4n) is 4.36. The topological polar surface area (TPSA) is 50.9 Å². The van der Waals surface area contributed by atoms with E-state index in [9.17, 15) is 13.2 Å². The molecule has 0 radical (unpaired) electrons. The minimum Gasteiger partial charge on any atom is -0.491 e. The van der Waals surface area contributed by atoms with Gasteiger partial charge in [-0.1, -0.05) is 26.7 Å². The fraction of sp³-hybridized carbons (Fsp3) is 0.609. The van der Waals surface area contributed by atoms with Gasteiger partial charge >= 0.3 is 6.18 Å². The summed E-state index contributed by atoms with van der Waals surface area (Å²) in [5, 5.41) is 0. The number of alkyl halides is 3. The first-order valence-electron chi connectivity index (χ1n) is 10.7. The van der Waals surface area contributed by atoms with Gasteiger partial charge in [-0.05, 0) is 56.4 Å². The Morgan fingerprint density at radius 3 is 2.50 bits per heavy atom. The number of nitrogens with two attached hydrogens (primary N) is 1. The molecule has 0 spiro atoms. The number of allylic oxidation sites excluding steroid dienone is 1. The smallest absolute Gasteiger partial charge is 0.419 e. The van der Waals surface area contributed by atoms with E-state index in [2.05, 4.69) is 9.89 Å². The molecule has 0 aromatic heterocycles. The van der Waals surface area contributed by atoms with Gasteiger partial charge < -0.3 is 15.4 Å². The van der Waals surface area contributed by atoms with Crippen molar-refractivity contribution in [1.29, 1.82) is 0 Å². The molecule has 1 saturated carbocycles. The van der Waals surface area contributed by atoms with Gasteiger partial charge in [0.1, 0.15) is 19.0 Å². The first-order chi connectivity index (χ1) is 14.0. The predicted molar refractivity (Wildman–Crippen MR) is 114 cm³/mol. The SMILES string of the molecule is CC(C)C[C@](C)(N)COc1ccc(C2=NCN(C3CCCC3)C=C2)cc1C(F)(F)F. The van der Waals surface area contributed by atoms with E-state index in [1.54, 1.807) is 19.1 Å². The number of halogens is 3. The Morgan fingerprint density at radius 1 is 1.23 bits per heavy atom. The van der Waals surface area contributed by atoms with E-state index >= 15 is 0 Å². The van der Waals surface area contributed by atoms with Crippen molar-refractivity contribution in [3.63, 3.8) is 0 Å². The Balaban J connectivity index is 1.76. The van der Waals surface area contributed by atoms with Crippen LogP contribution < -0.4 is 10.5 Å². The summed E-state index contributed by atoms with van der Waals surface area (Å²) in [5.41, 5.74) is 5.70. The molecule has 0 saturated heterocycles. The van der Waals surface area contributed by atoms with Crippen LogP contribution in [0.3, 0.4) is 0 Å². The molecule has 1 heterocycles. The van der Waals surface area contributed by atoms with Crippen molar-refractivity contribution in [2.24, 2.45) is 16.6 Å². The molecule has 1 atom stereocenters. The summed E-state index contributed by atoms with van der Waals surface area (Å²) in [4.78, 5) is 6.70. The van der Waals surface area contributed by atoms with E-state index in [1.165, 1.54) is 18.9 Å². The number of nitrogens with zero attached hydrogens (tertiary/aromatic N) is 2. The van der Waals surface area contributed by atoms with E-state index in [0.717, 1.165) is 18.9 Å². The second-order valence-electron chi connectivity index (χ2n) is 9.20. The average Bonchev–Trinajstić information content (AvgIpc) is 3.19. The molecular formula is C23H32F3N3O. The van der Waals surface area contributed by atoms with Gasteiger partial charge in [-0.2, -0.15) is 13.2 Å². The van der Waals surface area contributed by atoms with Crippen molar-refractivity contribution >= 4 is 5.71 Å². The van der Waals surface area contributed by atoms with Crippen LogP contribution in [0.15, 0.2) is 35.5 Å². The highest BCUT2D eigenvalue weighted by Gasteiger charge is 2.35. The van der Waals surface area contributed by atoms with Gasteiger partial charge in [-0.3, -0.25) is 4.99 Å². The normalized spacial score (nSPS) is 19.9. The van der Waals surface area contributed by atoms with Gasteiger partial charge in [0.15, 0.2) is 0 Å². The predicted octanol–water partition coefficient (Wildman–Crippen LogP) is 5.37. The highest BCUT2D eigenvalue weighted by Crippen LogP contribution is 2.37. The molecule has 4 nitrogen and oxygen atoms in total. The highest BCUT2D eigenvalue weighted by molar-refractivity contribution is 6.09. The summed E-state index contributed by atoms with van der Waals surface area (Å²) < 4.78 is 46.7. The molecule has 1 aromatic carbocycles. The standard InChI is InChI=1S/C23H32F3N3O/c1-16(2)13-22(3,27)14-30-21-9-8-17(12-19(21)23(24,25)26)20-10-11-29(15-28-20)18-6-4-5-7-18/h8-12,16,18H,4-7,13-15,27H2,1-3H3/t22-/m0/s1. The molecule has 30 heavy (non-hydrogen) atoms. The zero-order valence-electron chi connectivity index (χ0n) is 18.0. The maximum atomic E-state index is 13.7. The fourth-order valence-corrected chi connectivity index (χ4v) is 4.36. The molecule has 2 aliphatic rings. The summed E-state index contributed by atoms with van der Waals surface area (Å²) in [7, 11) is 0. The molecule has 1 aliphatic carbocycles. The largest absolute Gasteiger partial charge is 0.491 e. The molecular weight excluding hydrogens is 391 g/mol. The lowest BCUT2D eigenvalue weighted by Crippen LogP contribution is -2.43. The van der Waals surface area contributed by atoms with Crippen LogP contribution in [0, 0.1) is 5.92 Å². The second kappa shape index (κ2) is 9.00. The molecule has 2 N–H and O–H groups in total. The van der Waals surface area contributed by atoms with Crippen LogP contribution in [-0.2, 0) is 6.18 Å². The van der Waals surface area contributed by atoms with Gasteiger partial charge in [-0.25, -0.2) is 0 Å². The Labute approximate surface area is 177 Å². The van der Waals surface area contributed by atoms with Crippen LogP contribution in [-0.4, -0.2) is 35.5 Å². The van der Waals surface area contributed by atoms with Crippen molar-refractivity contribution in [3.8, 4) is 5.75 Å². The number of aliphatic imine (C=N–C) groups is 1. The molecule has 1 fully saturated rings. The van der Waals surface area contributed by atoms with E-state index in [1.807, 2.05) is 20.0 Å². The minimum absolute atomic E-state index is 0.0187. The Morgan fingerprint density at radius 2 is 1.93 bits per heavy atom. The Hall–Kier alpha value is -2.02. The van der Waals surface area contributed by atoms with Crippen molar-refractivity contribution < 1.29 is 17.9 Å². The lowest BCUT2D eigenvalue weighted by Gasteiger charge is -2.28. The van der Waals surface area contributed by atoms with Crippen molar-refractivity contribution in [2.75, 3.05) is 13.3 Å². The van der Waals surface area contributed by atoms with Gasteiger partial charge in [0.25, 0.3) is 0 Å². The lowest BCUT2D eigenvalue weighted by molar-refractivity contribution is -0.139. The molecule has 0 bridgehead atoms. The third-order valence-corrected chi connectivity index (χ3v) is 5.63. The highest BCUT2D eigenvalue weighted by atomic mass is 19.4. The van der Waals surface area contributed by atoms with Crippen LogP contribution in [0.2, 0.25) is 0 Å². The van der Waals surface area contributed by atoms with Gasteiger partial charge in [0.2, 0.25) is 0 Å². The first kappa shape index (κ1) is 22.7. The number of ether oxygens (including phenoxy) is 1. The lowest BCUT2D eigenvalue weighted by atomic mass is 9.93. The van der Waals surface area contributed by atoms with Gasteiger partial charge in [-0.15, -0.1) is 0 Å². The summed E-state index contributed by atoms with van der Waals surface area (Å²) in [6, 6.07) is 4.63. The van der Waals surface area contributed by atoms with Gasteiger partial charge in [0.05, 0.1) is 11.3 Å². The van der Waals surface area contributed by atoms with Crippen LogP contribution >= 0.6 is 0 Å². The second-order valence-corrected chi connectivity index (χ2v) is 9.20. The summed E-state index contributed by atoms with van der Waals surface area (Å²) in [6.45, 7) is 6.34. The third-order valence-electron chi connectivity index (χ3n) is 5.63. The molecule has 7 heteroatoms. The Bertz CT molecular complexity index is 793. The average molecular weight is 424 g/mol. The zero-order chi connectivity index (χ0) is 21.9. The molecule has 3 rings (SSSR count). The Kier molecular flexibility index (Phi) is 6.80. The molecule has 1 aliphatic heterocycles. The first-order valence-corrected chi connectivity index (χ1v) is 10.7. The summed E-state index contributed by atoms with van der Waals surface area (Å²) >= 11 is 0. The molecule has 0 amide bonds. The van der Waals surface area contributed by atoms with Crippen LogP contribution in [0.1, 0.15) is 64.0 Å². The van der Waals surface area contributed by atoms with Crippen LogP contribution in [0.25, 0.3) is 0 Å². The van der Waals surface area contributed by atoms with Crippen LogP contribution in [0.5, 0.6) is 5.75 Å². The molecule has 166 valence electrons. The quantitative estimate of drug-likeness (QED) is 0.642. The van der Waals surface area contributed by atoms with E-state index in [-0.39, 0.29) is 12.4 Å². The summed E-state index contributed by atoms with van der Waals surface area (Å²) in [5.74, 6) is 0.132. The van der Waals surface area contributed by atoms with Crippen molar-refractivity contribution in [2.45, 2.75) is 70.6 Å². The van der Waals surface area contributed by atoms with Crippen molar-refractivity contribution in [1.82, 2.24) is 4.90 Å². The maximum Gasteiger partial charge on any atom is 0.419 e. The van der Waals surface area contributed by atoms with Crippen LogP contribution in [0.4, 0.5) is 13.2 Å². The van der Waals surface area contributed by atoms with E-state index in [4.69, 9.17) is 10.5 Å². The monoisotopic (exact) mass is 423 g/mol. The number of hydrogen-bond donors (Lipinski definition) is 1. The number of hydrogen-bond acceptors (Lipinski definition) is 4. The summed E-state index contributed by atoms with van der Waals surface area (Å²) in [6.07, 6.45) is 4.64. The van der Waals surface area contributed by atoms with Crippen molar-refractivity contribution in [3.05, 3.63) is 41.6 Å². The van der Waals surface area contributed by atoms with E-state index in [0.29, 0.717) is 36.3 Å². The van der Waals surface area contributed by atoms with Gasteiger partial charge in [0, 0.05) is 23.3 Å². The number of rotatable bonds is 7. The number of benzene rings is 1. The zero-order valence-corrected chi connectivity index (χ0v) is 18.0. The van der Waals surface area contributed by atoms with E-state index < -0.39 is 17.3 Å². The molecule has 0 unspecified atom stereocenters. The molecule has 1 aromatic rings. The third kappa shape index (κ3) is 5.78. The maximum absolute atomic E-state index is 13.7. The minimum atomic E-state index is -4.52.